The highest BCUT2D eigenvalue weighted by Crippen LogP contribution is 2.36. The minimum atomic E-state index is -4.58. The number of ketones is 2. The van der Waals surface area contributed by atoms with Crippen molar-refractivity contribution in [2.45, 2.75) is 19.5 Å². The average molecular weight is 285 g/mol. The minimum Gasteiger partial charge on any atom is -0.304 e. The number of halogens is 3. The molecule has 1 aromatic rings. The molecule has 0 spiro atoms. The van der Waals surface area contributed by atoms with E-state index < -0.39 is 23.4 Å². The average Bonchev–Trinajstić information content (AvgIpc) is 2.58. The zero-order valence-corrected chi connectivity index (χ0v) is 10.5. The molecule has 1 aromatic carbocycles. The van der Waals surface area contributed by atoms with Gasteiger partial charge in [0, 0.05) is 13.0 Å². The van der Waals surface area contributed by atoms with Crippen LogP contribution >= 0.6 is 0 Å². The van der Waals surface area contributed by atoms with Gasteiger partial charge in [-0.2, -0.15) is 13.2 Å². The van der Waals surface area contributed by atoms with Crippen LogP contribution in [0.15, 0.2) is 18.2 Å². The second kappa shape index (κ2) is 4.73. The quantitative estimate of drug-likeness (QED) is 0.800. The number of hydrogen-bond acceptors (Lipinski definition) is 3. The standard InChI is InChI=1S/C13H10F3NO3/c1-7(18)4-5-17-10-3-2-8(13(14,15)16)6-9(10)11(19)12(17)20/h2-3,6H,4-5H2,1H3. The molecule has 0 unspecified atom stereocenters. The molecule has 2 rings (SSSR count). The first-order valence-electron chi connectivity index (χ1n) is 5.78. The summed E-state index contributed by atoms with van der Waals surface area (Å²) in [4.78, 5) is 35.4. The molecule has 1 aliphatic rings. The molecule has 1 amide bonds. The number of benzene rings is 1. The van der Waals surface area contributed by atoms with E-state index in [9.17, 15) is 27.6 Å². The Bertz CT molecular complexity index is 607. The number of carbonyl (C=O) groups is 3. The summed E-state index contributed by atoms with van der Waals surface area (Å²) in [5.41, 5.74) is -1.13. The van der Waals surface area contributed by atoms with E-state index in [2.05, 4.69) is 0 Å². The molecular formula is C13H10F3NO3. The molecule has 20 heavy (non-hydrogen) atoms. The maximum absolute atomic E-state index is 12.6. The van der Waals surface area contributed by atoms with Crippen LogP contribution in [-0.4, -0.2) is 24.0 Å². The maximum Gasteiger partial charge on any atom is 0.416 e. The summed E-state index contributed by atoms with van der Waals surface area (Å²) >= 11 is 0. The molecule has 0 atom stereocenters. The van der Waals surface area contributed by atoms with Crippen LogP contribution in [0, 0.1) is 0 Å². The maximum atomic E-state index is 12.6. The first-order valence-corrected chi connectivity index (χ1v) is 5.78. The van der Waals surface area contributed by atoms with Crippen LogP contribution in [0.5, 0.6) is 0 Å². The van der Waals surface area contributed by atoms with Gasteiger partial charge in [-0.25, -0.2) is 0 Å². The highest BCUT2D eigenvalue weighted by molar-refractivity contribution is 6.52. The topological polar surface area (TPSA) is 54.5 Å². The first kappa shape index (κ1) is 14.2. The van der Waals surface area contributed by atoms with E-state index in [-0.39, 0.29) is 30.0 Å². The van der Waals surface area contributed by atoms with Gasteiger partial charge in [0.15, 0.2) is 0 Å². The number of alkyl halides is 3. The Balaban J connectivity index is 2.39. The van der Waals surface area contributed by atoms with E-state index in [1.807, 2.05) is 0 Å². The van der Waals surface area contributed by atoms with Crippen molar-refractivity contribution in [1.29, 1.82) is 0 Å². The Morgan fingerprint density at radius 1 is 1.25 bits per heavy atom. The van der Waals surface area contributed by atoms with Gasteiger partial charge in [-0.05, 0) is 25.1 Å². The van der Waals surface area contributed by atoms with Crippen molar-refractivity contribution >= 4 is 23.2 Å². The van der Waals surface area contributed by atoms with Crippen molar-refractivity contribution in [3.8, 4) is 0 Å². The largest absolute Gasteiger partial charge is 0.416 e. The third kappa shape index (κ3) is 2.43. The van der Waals surface area contributed by atoms with Gasteiger partial charge in [-0.3, -0.25) is 14.4 Å². The first-order chi connectivity index (χ1) is 9.21. The van der Waals surface area contributed by atoms with Crippen LogP contribution in [-0.2, 0) is 15.8 Å². The van der Waals surface area contributed by atoms with E-state index in [0.717, 1.165) is 17.0 Å². The van der Waals surface area contributed by atoms with Gasteiger partial charge in [-0.15, -0.1) is 0 Å². The molecule has 0 aliphatic carbocycles. The second-order valence-electron chi connectivity index (χ2n) is 4.47. The van der Waals surface area contributed by atoms with Gasteiger partial charge >= 0.3 is 6.18 Å². The fraction of sp³-hybridized carbons (Fsp3) is 0.308. The lowest BCUT2D eigenvalue weighted by Gasteiger charge is -2.16. The lowest BCUT2D eigenvalue weighted by molar-refractivity contribution is -0.137. The van der Waals surface area contributed by atoms with Gasteiger partial charge < -0.3 is 4.90 Å². The normalized spacial score (nSPS) is 14.7. The van der Waals surface area contributed by atoms with Gasteiger partial charge in [0.1, 0.15) is 5.78 Å². The molecule has 0 fully saturated rings. The summed E-state index contributed by atoms with van der Waals surface area (Å²) < 4.78 is 37.7. The van der Waals surface area contributed by atoms with E-state index in [1.54, 1.807) is 0 Å². The van der Waals surface area contributed by atoms with E-state index in [4.69, 9.17) is 0 Å². The summed E-state index contributed by atoms with van der Waals surface area (Å²) in [7, 11) is 0. The molecule has 0 aromatic heterocycles. The Morgan fingerprint density at radius 2 is 1.90 bits per heavy atom. The number of rotatable bonds is 3. The van der Waals surface area contributed by atoms with Gasteiger partial charge in [-0.1, -0.05) is 0 Å². The predicted octanol–water partition coefficient (Wildman–Crippen LogP) is 2.21. The summed E-state index contributed by atoms with van der Waals surface area (Å²) in [6.45, 7) is 1.31. The van der Waals surface area contributed by atoms with Crippen molar-refractivity contribution in [2.24, 2.45) is 0 Å². The molecule has 0 saturated carbocycles. The monoisotopic (exact) mass is 285 g/mol. The molecule has 0 N–H and O–H groups in total. The lowest BCUT2D eigenvalue weighted by Crippen LogP contribution is -2.31. The number of amides is 1. The predicted molar refractivity (Wildman–Crippen MR) is 63.4 cm³/mol. The summed E-state index contributed by atoms with van der Waals surface area (Å²) in [5.74, 6) is -2.05. The molecule has 1 heterocycles. The Hall–Kier alpha value is -2.18. The summed E-state index contributed by atoms with van der Waals surface area (Å²) in [6, 6.07) is 2.57. The molecular weight excluding hydrogens is 275 g/mol. The molecule has 0 bridgehead atoms. The van der Waals surface area contributed by atoms with Crippen molar-refractivity contribution in [1.82, 2.24) is 0 Å². The fourth-order valence-corrected chi connectivity index (χ4v) is 1.97. The fourth-order valence-electron chi connectivity index (χ4n) is 1.97. The molecule has 0 saturated heterocycles. The van der Waals surface area contributed by atoms with Gasteiger partial charge in [0.2, 0.25) is 0 Å². The third-order valence-electron chi connectivity index (χ3n) is 2.99. The van der Waals surface area contributed by atoms with E-state index >= 15 is 0 Å². The van der Waals surface area contributed by atoms with Crippen LogP contribution in [0.4, 0.5) is 18.9 Å². The van der Waals surface area contributed by atoms with Gasteiger partial charge in [0.25, 0.3) is 11.7 Å². The highest BCUT2D eigenvalue weighted by atomic mass is 19.4. The Kier molecular flexibility index (Phi) is 3.37. The van der Waals surface area contributed by atoms with E-state index in [0.29, 0.717) is 6.07 Å². The van der Waals surface area contributed by atoms with Crippen LogP contribution in [0.25, 0.3) is 0 Å². The zero-order chi connectivity index (χ0) is 15.1. The van der Waals surface area contributed by atoms with Gasteiger partial charge in [0.05, 0.1) is 16.8 Å². The van der Waals surface area contributed by atoms with Crippen molar-refractivity contribution in [3.63, 3.8) is 0 Å². The Labute approximate surface area is 112 Å². The second-order valence-corrected chi connectivity index (χ2v) is 4.47. The lowest BCUT2D eigenvalue weighted by atomic mass is 10.1. The number of nitrogens with zero attached hydrogens (tertiary/aromatic N) is 1. The minimum absolute atomic E-state index is 0.0156. The number of Topliss-reactive ketones (excluding diaryl/α,β-unsaturated/α-hetero) is 2. The van der Waals surface area contributed by atoms with Crippen molar-refractivity contribution < 1.29 is 27.6 Å². The van der Waals surface area contributed by atoms with Crippen molar-refractivity contribution in [3.05, 3.63) is 29.3 Å². The van der Waals surface area contributed by atoms with E-state index in [1.165, 1.54) is 6.92 Å². The van der Waals surface area contributed by atoms with Crippen LogP contribution < -0.4 is 4.90 Å². The number of carbonyl (C=O) groups excluding carboxylic acids is 3. The molecule has 4 nitrogen and oxygen atoms in total. The summed E-state index contributed by atoms with van der Waals surface area (Å²) in [5, 5.41) is 0. The van der Waals surface area contributed by atoms with Crippen LogP contribution in [0.2, 0.25) is 0 Å². The SMILES string of the molecule is CC(=O)CCN1C(=O)C(=O)c2cc(C(F)(F)F)ccc21. The number of fused-ring (bicyclic) bond motifs is 1. The van der Waals surface area contributed by atoms with Crippen molar-refractivity contribution in [2.75, 3.05) is 11.4 Å². The number of hydrogen-bond donors (Lipinski definition) is 0. The van der Waals surface area contributed by atoms with Crippen LogP contribution in [0.3, 0.4) is 0 Å². The number of anilines is 1. The third-order valence-corrected chi connectivity index (χ3v) is 2.99. The molecule has 0 radical (unpaired) electrons. The molecule has 106 valence electrons. The highest BCUT2D eigenvalue weighted by Gasteiger charge is 2.39. The van der Waals surface area contributed by atoms with Crippen LogP contribution in [0.1, 0.15) is 29.3 Å². The Morgan fingerprint density at radius 3 is 2.45 bits per heavy atom. The summed E-state index contributed by atoms with van der Waals surface area (Å²) in [6.07, 6.45) is -4.54. The molecule has 7 heteroatoms. The zero-order valence-electron chi connectivity index (χ0n) is 10.5. The molecule has 1 aliphatic heterocycles. The smallest absolute Gasteiger partial charge is 0.304 e.